The van der Waals surface area contributed by atoms with E-state index in [-0.39, 0.29) is 11.6 Å². The van der Waals surface area contributed by atoms with Crippen LogP contribution in [0.2, 0.25) is 0 Å². The van der Waals surface area contributed by atoms with Gasteiger partial charge in [-0.3, -0.25) is 0 Å². The third-order valence-electron chi connectivity index (χ3n) is 3.76. The first-order chi connectivity index (χ1) is 7.81. The lowest BCUT2D eigenvalue weighted by atomic mass is 9.97. The van der Waals surface area contributed by atoms with Gasteiger partial charge in [0.1, 0.15) is 0 Å². The first-order valence-electron chi connectivity index (χ1n) is 6.35. The minimum atomic E-state index is -0.204. The molecule has 1 N–H and O–H groups in total. The number of aryl methyl sites for hydroxylation is 3. The maximum Gasteiger partial charge on any atom is 0.0737 e. The summed E-state index contributed by atoms with van der Waals surface area (Å²) < 4.78 is 0. The van der Waals surface area contributed by atoms with Gasteiger partial charge in [-0.15, -0.1) is 0 Å². The lowest BCUT2D eigenvalue weighted by Crippen LogP contribution is -2.39. The van der Waals surface area contributed by atoms with Crippen molar-refractivity contribution in [2.45, 2.75) is 52.7 Å². The molecule has 2 heteroatoms. The van der Waals surface area contributed by atoms with Crippen molar-refractivity contribution in [2.75, 3.05) is 11.4 Å². The molecule has 1 fully saturated rings. The Bertz CT molecular complexity index is 414. The average molecular weight is 233 g/mol. The fourth-order valence-corrected chi connectivity index (χ4v) is 3.20. The van der Waals surface area contributed by atoms with Crippen molar-refractivity contribution in [3.05, 3.63) is 28.8 Å². The molecule has 1 saturated heterocycles. The van der Waals surface area contributed by atoms with Gasteiger partial charge >= 0.3 is 0 Å². The van der Waals surface area contributed by atoms with Gasteiger partial charge in [0, 0.05) is 17.8 Å². The first kappa shape index (κ1) is 12.4. The quantitative estimate of drug-likeness (QED) is 0.806. The monoisotopic (exact) mass is 233 g/mol. The van der Waals surface area contributed by atoms with Crippen LogP contribution in [-0.2, 0) is 0 Å². The summed E-state index contributed by atoms with van der Waals surface area (Å²) in [6, 6.07) is 4.45. The van der Waals surface area contributed by atoms with Gasteiger partial charge in [0.15, 0.2) is 0 Å². The number of benzene rings is 1. The van der Waals surface area contributed by atoms with Gasteiger partial charge in [-0.2, -0.15) is 0 Å². The molecule has 0 saturated carbocycles. The van der Waals surface area contributed by atoms with Gasteiger partial charge in [-0.05, 0) is 52.2 Å². The molecular weight excluding hydrogens is 210 g/mol. The predicted octanol–water partition coefficient (Wildman–Crippen LogP) is 2.96. The Balaban J connectivity index is 2.48. The second-order valence-corrected chi connectivity index (χ2v) is 6.03. The van der Waals surface area contributed by atoms with E-state index in [9.17, 15) is 5.11 Å². The molecule has 1 heterocycles. The largest absolute Gasteiger partial charge is 0.391 e. The molecule has 0 amide bonds. The summed E-state index contributed by atoms with van der Waals surface area (Å²) in [6.07, 6.45) is 0.643. The number of hydrogen-bond acceptors (Lipinski definition) is 2. The Hall–Kier alpha value is -1.02. The molecule has 0 radical (unpaired) electrons. The summed E-state index contributed by atoms with van der Waals surface area (Å²) >= 11 is 0. The molecule has 1 aromatic rings. The van der Waals surface area contributed by atoms with E-state index in [1.54, 1.807) is 0 Å². The summed E-state index contributed by atoms with van der Waals surface area (Å²) in [6.45, 7) is 11.6. The third kappa shape index (κ3) is 2.19. The molecule has 2 nitrogen and oxygen atoms in total. The molecule has 0 spiro atoms. The van der Waals surface area contributed by atoms with Crippen LogP contribution >= 0.6 is 0 Å². The number of aliphatic hydroxyl groups is 1. The van der Waals surface area contributed by atoms with Gasteiger partial charge in [-0.25, -0.2) is 0 Å². The van der Waals surface area contributed by atoms with Gasteiger partial charge in [0.25, 0.3) is 0 Å². The zero-order valence-electron chi connectivity index (χ0n) is 11.5. The van der Waals surface area contributed by atoms with Crippen molar-refractivity contribution in [2.24, 2.45) is 0 Å². The first-order valence-corrected chi connectivity index (χ1v) is 6.35. The number of rotatable bonds is 1. The van der Waals surface area contributed by atoms with Crippen molar-refractivity contribution in [1.29, 1.82) is 0 Å². The normalized spacial score (nSPS) is 23.2. The van der Waals surface area contributed by atoms with E-state index in [1.807, 2.05) is 0 Å². The van der Waals surface area contributed by atoms with Crippen LogP contribution in [0.3, 0.4) is 0 Å². The van der Waals surface area contributed by atoms with Crippen LogP contribution in [0.25, 0.3) is 0 Å². The number of anilines is 1. The molecule has 1 unspecified atom stereocenters. The van der Waals surface area contributed by atoms with Crippen LogP contribution in [0, 0.1) is 20.8 Å². The van der Waals surface area contributed by atoms with E-state index in [2.05, 4.69) is 51.7 Å². The minimum absolute atomic E-state index is 0.0458. The molecule has 2 rings (SSSR count). The highest BCUT2D eigenvalue weighted by Gasteiger charge is 2.38. The van der Waals surface area contributed by atoms with Crippen molar-refractivity contribution in [1.82, 2.24) is 0 Å². The van der Waals surface area contributed by atoms with E-state index in [0.717, 1.165) is 13.0 Å². The van der Waals surface area contributed by atoms with E-state index in [0.29, 0.717) is 0 Å². The van der Waals surface area contributed by atoms with Crippen molar-refractivity contribution < 1.29 is 5.11 Å². The van der Waals surface area contributed by atoms with Gasteiger partial charge in [-0.1, -0.05) is 17.7 Å². The number of β-amino-alcohol motifs (C(OH)–C–C–N with tert-alkyl or cyclic N) is 1. The Morgan fingerprint density at radius 2 is 1.71 bits per heavy atom. The minimum Gasteiger partial charge on any atom is -0.391 e. The fourth-order valence-electron chi connectivity index (χ4n) is 3.20. The summed E-state index contributed by atoms with van der Waals surface area (Å²) in [5.74, 6) is 0. The predicted molar refractivity (Wildman–Crippen MR) is 72.7 cm³/mol. The summed E-state index contributed by atoms with van der Waals surface area (Å²) in [4.78, 5) is 2.36. The molecule has 0 aliphatic carbocycles. The second-order valence-electron chi connectivity index (χ2n) is 6.03. The number of aliphatic hydroxyl groups excluding tert-OH is 1. The van der Waals surface area contributed by atoms with Crippen LogP contribution in [-0.4, -0.2) is 23.3 Å². The SMILES string of the molecule is Cc1cc(C)c(N2CC(O)CC2(C)C)c(C)c1. The van der Waals surface area contributed by atoms with Crippen LogP contribution in [0.4, 0.5) is 5.69 Å². The van der Waals surface area contributed by atoms with E-state index in [1.165, 1.54) is 22.4 Å². The zero-order chi connectivity index (χ0) is 12.8. The lowest BCUT2D eigenvalue weighted by molar-refractivity contribution is 0.188. The van der Waals surface area contributed by atoms with Gasteiger partial charge in [0.2, 0.25) is 0 Å². The highest BCUT2D eigenvalue weighted by molar-refractivity contribution is 5.62. The number of nitrogens with zero attached hydrogens (tertiary/aromatic N) is 1. The fraction of sp³-hybridized carbons (Fsp3) is 0.600. The third-order valence-corrected chi connectivity index (χ3v) is 3.76. The molecule has 17 heavy (non-hydrogen) atoms. The standard InChI is InChI=1S/C15H23NO/c1-10-6-11(2)14(12(3)7-10)16-9-13(17)8-15(16,4)5/h6-7,13,17H,8-9H2,1-5H3. The van der Waals surface area contributed by atoms with Crippen LogP contribution in [0.1, 0.15) is 37.0 Å². The van der Waals surface area contributed by atoms with Crippen LogP contribution < -0.4 is 4.90 Å². The smallest absolute Gasteiger partial charge is 0.0737 e. The van der Waals surface area contributed by atoms with E-state index in [4.69, 9.17) is 0 Å². The molecule has 94 valence electrons. The summed E-state index contributed by atoms with van der Waals surface area (Å²) in [5, 5.41) is 9.89. The van der Waals surface area contributed by atoms with E-state index >= 15 is 0 Å². The Morgan fingerprint density at radius 3 is 2.12 bits per heavy atom. The maximum absolute atomic E-state index is 9.89. The average Bonchev–Trinajstić information content (AvgIpc) is 2.37. The highest BCUT2D eigenvalue weighted by Crippen LogP contribution is 2.37. The Morgan fingerprint density at radius 1 is 1.18 bits per heavy atom. The Kier molecular flexibility index (Phi) is 2.94. The van der Waals surface area contributed by atoms with Crippen LogP contribution in [0.15, 0.2) is 12.1 Å². The molecule has 0 aromatic heterocycles. The summed E-state index contributed by atoms with van der Waals surface area (Å²) in [7, 11) is 0. The Labute approximate surface area is 104 Å². The lowest BCUT2D eigenvalue weighted by Gasteiger charge is -2.35. The topological polar surface area (TPSA) is 23.5 Å². The molecular formula is C15H23NO. The highest BCUT2D eigenvalue weighted by atomic mass is 16.3. The number of hydrogen-bond donors (Lipinski definition) is 1. The van der Waals surface area contributed by atoms with Gasteiger partial charge in [0.05, 0.1) is 6.10 Å². The van der Waals surface area contributed by atoms with Gasteiger partial charge < -0.3 is 10.0 Å². The van der Waals surface area contributed by atoms with Crippen molar-refractivity contribution >= 4 is 5.69 Å². The van der Waals surface area contributed by atoms with Crippen molar-refractivity contribution in [3.63, 3.8) is 0 Å². The second kappa shape index (κ2) is 4.02. The molecule has 1 aliphatic heterocycles. The maximum atomic E-state index is 9.89. The van der Waals surface area contributed by atoms with Crippen LogP contribution in [0.5, 0.6) is 0 Å². The van der Waals surface area contributed by atoms with Crippen molar-refractivity contribution in [3.8, 4) is 0 Å². The molecule has 1 aromatic carbocycles. The van der Waals surface area contributed by atoms with E-state index < -0.39 is 0 Å². The zero-order valence-corrected chi connectivity index (χ0v) is 11.5. The molecule has 1 aliphatic rings. The molecule has 1 atom stereocenters. The summed E-state index contributed by atoms with van der Waals surface area (Å²) in [5.41, 5.74) is 5.28. The molecule has 0 bridgehead atoms.